The van der Waals surface area contributed by atoms with Crippen LogP contribution in [0.5, 0.6) is 11.5 Å². The number of nitrogens with one attached hydrogen (secondary N) is 2. The molecule has 4 aromatic rings. The van der Waals surface area contributed by atoms with Gasteiger partial charge < -0.3 is 14.8 Å². The standard InChI is InChI=1S/C25H22N4O3S/c1-32-21-14-17(12-13-20(21)30)15-26-29-22(31)16-33-25-27-23(18-8-4-2-5-9-18)24(28-25)19-10-6-3-7-11-19/h2-15,30H,16H2,1H3,(H,27,28)(H,29,31)/b26-15+. The van der Waals surface area contributed by atoms with Gasteiger partial charge in [-0.05, 0) is 23.8 Å². The number of imidazole rings is 1. The van der Waals surface area contributed by atoms with Gasteiger partial charge >= 0.3 is 0 Å². The number of carbonyl (C=O) groups excluding carboxylic acids is 1. The molecule has 4 rings (SSSR count). The van der Waals surface area contributed by atoms with Crippen molar-refractivity contribution >= 4 is 23.9 Å². The first kappa shape index (κ1) is 22.2. The van der Waals surface area contributed by atoms with E-state index in [1.807, 2.05) is 60.7 Å². The number of rotatable bonds is 8. The van der Waals surface area contributed by atoms with Crippen LogP contribution in [0.1, 0.15) is 5.56 Å². The van der Waals surface area contributed by atoms with Gasteiger partial charge in [-0.3, -0.25) is 4.79 Å². The van der Waals surface area contributed by atoms with E-state index in [9.17, 15) is 9.90 Å². The molecule has 0 aliphatic heterocycles. The van der Waals surface area contributed by atoms with Crippen molar-refractivity contribution in [3.8, 4) is 34.0 Å². The molecule has 0 aliphatic rings. The number of aromatic nitrogens is 2. The Labute approximate surface area is 195 Å². The van der Waals surface area contributed by atoms with Crippen LogP contribution in [-0.2, 0) is 4.79 Å². The van der Waals surface area contributed by atoms with E-state index >= 15 is 0 Å². The highest BCUT2D eigenvalue weighted by Gasteiger charge is 2.15. The fraction of sp³-hybridized carbons (Fsp3) is 0.0800. The second-order valence-electron chi connectivity index (χ2n) is 7.01. The van der Waals surface area contributed by atoms with Crippen LogP contribution in [0.4, 0.5) is 0 Å². The Morgan fingerprint density at radius 3 is 2.48 bits per heavy atom. The van der Waals surface area contributed by atoms with Crippen LogP contribution in [0, 0.1) is 0 Å². The van der Waals surface area contributed by atoms with Gasteiger partial charge in [0.25, 0.3) is 5.91 Å². The van der Waals surface area contributed by atoms with Crippen molar-refractivity contribution in [3.63, 3.8) is 0 Å². The van der Waals surface area contributed by atoms with E-state index < -0.39 is 0 Å². The number of hydrazone groups is 1. The Kier molecular flexibility index (Phi) is 7.06. The zero-order valence-corrected chi connectivity index (χ0v) is 18.7. The van der Waals surface area contributed by atoms with E-state index in [2.05, 4.69) is 15.5 Å². The normalized spacial score (nSPS) is 10.9. The molecule has 0 bridgehead atoms. The van der Waals surface area contributed by atoms with Gasteiger partial charge in [0.05, 0.1) is 30.5 Å². The number of aromatic amines is 1. The van der Waals surface area contributed by atoms with Gasteiger partial charge in [-0.1, -0.05) is 72.4 Å². The molecule has 1 amide bonds. The zero-order valence-electron chi connectivity index (χ0n) is 17.9. The number of phenols is 1. The van der Waals surface area contributed by atoms with E-state index in [0.717, 1.165) is 22.5 Å². The maximum atomic E-state index is 12.3. The number of phenolic OH excluding ortho intramolecular Hbond substituents is 1. The first-order chi connectivity index (χ1) is 16.1. The lowest BCUT2D eigenvalue weighted by molar-refractivity contribution is -0.118. The number of hydrogen-bond acceptors (Lipinski definition) is 6. The van der Waals surface area contributed by atoms with Crippen molar-refractivity contribution in [1.82, 2.24) is 15.4 Å². The first-order valence-corrected chi connectivity index (χ1v) is 11.1. The predicted octanol–water partition coefficient (Wildman–Crippen LogP) is 4.70. The third-order valence-corrected chi connectivity index (χ3v) is 5.61. The molecule has 1 aromatic heterocycles. The van der Waals surface area contributed by atoms with Crippen LogP contribution in [0.3, 0.4) is 0 Å². The summed E-state index contributed by atoms with van der Waals surface area (Å²) in [5.41, 5.74) is 6.95. The molecule has 33 heavy (non-hydrogen) atoms. The Balaban J connectivity index is 1.43. The molecule has 1 heterocycles. The van der Waals surface area contributed by atoms with Crippen molar-refractivity contribution in [2.45, 2.75) is 5.16 Å². The maximum Gasteiger partial charge on any atom is 0.250 e. The van der Waals surface area contributed by atoms with Crippen LogP contribution in [0.25, 0.3) is 22.5 Å². The van der Waals surface area contributed by atoms with E-state index in [0.29, 0.717) is 16.5 Å². The lowest BCUT2D eigenvalue weighted by Crippen LogP contribution is -2.19. The molecular formula is C25H22N4O3S. The Hall–Kier alpha value is -4.04. The molecule has 0 radical (unpaired) electrons. The lowest BCUT2D eigenvalue weighted by atomic mass is 10.1. The fourth-order valence-electron chi connectivity index (χ4n) is 3.16. The lowest BCUT2D eigenvalue weighted by Gasteiger charge is -2.03. The third-order valence-electron chi connectivity index (χ3n) is 4.74. The smallest absolute Gasteiger partial charge is 0.250 e. The topological polar surface area (TPSA) is 99.6 Å². The van der Waals surface area contributed by atoms with Crippen LogP contribution < -0.4 is 10.2 Å². The van der Waals surface area contributed by atoms with Crippen molar-refractivity contribution in [2.75, 3.05) is 12.9 Å². The Morgan fingerprint density at radius 1 is 1.09 bits per heavy atom. The summed E-state index contributed by atoms with van der Waals surface area (Å²) >= 11 is 1.30. The highest BCUT2D eigenvalue weighted by Crippen LogP contribution is 2.32. The molecule has 3 N–H and O–H groups in total. The Bertz CT molecular complexity index is 1200. The second-order valence-corrected chi connectivity index (χ2v) is 7.97. The average Bonchev–Trinajstić information content (AvgIpc) is 3.29. The van der Waals surface area contributed by atoms with E-state index in [1.165, 1.54) is 31.2 Å². The minimum Gasteiger partial charge on any atom is -0.504 e. The van der Waals surface area contributed by atoms with Gasteiger partial charge in [0.2, 0.25) is 0 Å². The molecule has 0 saturated carbocycles. The SMILES string of the molecule is COc1cc(/C=N/NC(=O)CSc2nc(-c3ccccc3)c(-c3ccccc3)[nH]2)ccc1O. The summed E-state index contributed by atoms with van der Waals surface area (Å²) < 4.78 is 5.06. The molecule has 0 spiro atoms. The van der Waals surface area contributed by atoms with Crippen LogP contribution in [-0.4, -0.2) is 40.1 Å². The van der Waals surface area contributed by atoms with Crippen molar-refractivity contribution in [3.05, 3.63) is 84.4 Å². The number of benzene rings is 3. The molecule has 3 aromatic carbocycles. The number of hydrogen-bond donors (Lipinski definition) is 3. The van der Waals surface area contributed by atoms with Gasteiger partial charge in [-0.2, -0.15) is 5.10 Å². The molecular weight excluding hydrogens is 436 g/mol. The summed E-state index contributed by atoms with van der Waals surface area (Å²) in [6.07, 6.45) is 1.48. The second kappa shape index (κ2) is 10.5. The number of carbonyl (C=O) groups is 1. The monoisotopic (exact) mass is 458 g/mol. The number of thioether (sulfide) groups is 1. The summed E-state index contributed by atoms with van der Waals surface area (Å²) in [7, 11) is 1.47. The van der Waals surface area contributed by atoms with Crippen LogP contribution in [0.15, 0.2) is 89.1 Å². The third kappa shape index (κ3) is 5.61. The van der Waals surface area contributed by atoms with Crippen molar-refractivity contribution < 1.29 is 14.6 Å². The average molecular weight is 459 g/mol. The largest absolute Gasteiger partial charge is 0.504 e. The quantitative estimate of drug-likeness (QED) is 0.202. The minimum absolute atomic E-state index is 0.0401. The molecule has 0 saturated heterocycles. The molecule has 7 nitrogen and oxygen atoms in total. The summed E-state index contributed by atoms with van der Waals surface area (Å²) in [4.78, 5) is 20.3. The fourth-order valence-corrected chi connectivity index (χ4v) is 3.82. The minimum atomic E-state index is -0.263. The first-order valence-electron chi connectivity index (χ1n) is 10.2. The van der Waals surface area contributed by atoms with E-state index in [4.69, 9.17) is 9.72 Å². The molecule has 0 unspecified atom stereocenters. The number of methoxy groups -OCH3 is 1. The number of H-pyrrole nitrogens is 1. The van der Waals surface area contributed by atoms with Crippen molar-refractivity contribution in [1.29, 1.82) is 0 Å². The van der Waals surface area contributed by atoms with Crippen LogP contribution in [0.2, 0.25) is 0 Å². The highest BCUT2D eigenvalue weighted by molar-refractivity contribution is 7.99. The number of aromatic hydroxyl groups is 1. The Morgan fingerprint density at radius 2 is 1.79 bits per heavy atom. The zero-order chi connectivity index (χ0) is 23.0. The van der Waals surface area contributed by atoms with E-state index in [-0.39, 0.29) is 17.4 Å². The molecule has 0 atom stereocenters. The molecule has 0 aliphatic carbocycles. The highest BCUT2D eigenvalue weighted by atomic mass is 32.2. The molecule has 0 fully saturated rings. The molecule has 8 heteroatoms. The van der Waals surface area contributed by atoms with Crippen LogP contribution >= 0.6 is 11.8 Å². The number of nitrogens with zero attached hydrogens (tertiary/aromatic N) is 2. The van der Waals surface area contributed by atoms with Gasteiger partial charge in [0.1, 0.15) is 0 Å². The predicted molar refractivity (Wildman–Crippen MR) is 131 cm³/mol. The van der Waals surface area contributed by atoms with Gasteiger partial charge in [0.15, 0.2) is 16.7 Å². The summed E-state index contributed by atoms with van der Waals surface area (Å²) in [5, 5.41) is 14.3. The summed E-state index contributed by atoms with van der Waals surface area (Å²) in [5.74, 6) is 0.257. The van der Waals surface area contributed by atoms with Crippen molar-refractivity contribution in [2.24, 2.45) is 5.10 Å². The maximum absolute atomic E-state index is 12.3. The number of amides is 1. The van der Waals surface area contributed by atoms with Gasteiger partial charge in [-0.25, -0.2) is 10.4 Å². The number of ether oxygens (including phenoxy) is 1. The van der Waals surface area contributed by atoms with E-state index in [1.54, 1.807) is 12.1 Å². The van der Waals surface area contributed by atoms with Gasteiger partial charge in [0, 0.05) is 11.1 Å². The summed E-state index contributed by atoms with van der Waals surface area (Å²) in [6.45, 7) is 0. The summed E-state index contributed by atoms with van der Waals surface area (Å²) in [6, 6.07) is 24.7. The van der Waals surface area contributed by atoms with Gasteiger partial charge in [-0.15, -0.1) is 0 Å². The molecule has 166 valence electrons.